The molecular formula is C19H19NO3. The highest BCUT2D eigenvalue weighted by molar-refractivity contribution is 5.85. The first-order chi connectivity index (χ1) is 11.2. The van der Waals surface area contributed by atoms with Crippen LogP contribution in [0.1, 0.15) is 11.1 Å². The van der Waals surface area contributed by atoms with E-state index in [4.69, 9.17) is 9.84 Å². The molecule has 4 nitrogen and oxygen atoms in total. The Labute approximate surface area is 135 Å². The summed E-state index contributed by atoms with van der Waals surface area (Å²) in [5, 5.41) is 8.60. The number of anilines is 1. The molecule has 0 aromatic heterocycles. The van der Waals surface area contributed by atoms with Crippen LogP contribution in [-0.2, 0) is 11.2 Å². The number of nitrogens with zero attached hydrogens (tertiary/aromatic N) is 1. The third-order valence-electron chi connectivity index (χ3n) is 3.91. The maximum Gasteiger partial charge on any atom is 0.328 e. The number of carboxylic acid groups (broad SMARTS) is 1. The fraction of sp³-hybridized carbons (Fsp3) is 0.211. The maximum absolute atomic E-state index is 10.5. The zero-order valence-corrected chi connectivity index (χ0v) is 12.8. The summed E-state index contributed by atoms with van der Waals surface area (Å²) >= 11 is 0. The van der Waals surface area contributed by atoms with E-state index in [0.717, 1.165) is 36.9 Å². The fourth-order valence-electron chi connectivity index (χ4n) is 2.76. The van der Waals surface area contributed by atoms with Gasteiger partial charge < -0.3 is 14.7 Å². The second-order valence-electron chi connectivity index (χ2n) is 5.45. The van der Waals surface area contributed by atoms with Gasteiger partial charge in [-0.05, 0) is 41.8 Å². The van der Waals surface area contributed by atoms with Gasteiger partial charge in [-0.1, -0.05) is 30.3 Å². The largest absolute Gasteiger partial charge is 0.492 e. The van der Waals surface area contributed by atoms with Gasteiger partial charge in [0.15, 0.2) is 0 Å². The lowest BCUT2D eigenvalue weighted by Crippen LogP contribution is -2.26. The summed E-state index contributed by atoms with van der Waals surface area (Å²) in [6, 6.07) is 15.9. The number of ether oxygens (including phenoxy) is 1. The lowest BCUT2D eigenvalue weighted by Gasteiger charge is -2.19. The molecule has 0 unspecified atom stereocenters. The molecule has 0 bridgehead atoms. The average molecular weight is 309 g/mol. The van der Waals surface area contributed by atoms with Crippen LogP contribution in [0.2, 0.25) is 0 Å². The molecule has 4 heteroatoms. The minimum Gasteiger partial charge on any atom is -0.492 e. The summed E-state index contributed by atoms with van der Waals surface area (Å²) in [5.74, 6) is -0.152. The minimum atomic E-state index is -0.948. The van der Waals surface area contributed by atoms with Crippen molar-refractivity contribution in [2.75, 3.05) is 24.6 Å². The van der Waals surface area contributed by atoms with Crippen molar-refractivity contribution in [2.45, 2.75) is 6.42 Å². The molecule has 1 N–H and O–H groups in total. The summed E-state index contributed by atoms with van der Waals surface area (Å²) in [6.45, 7) is 2.53. The van der Waals surface area contributed by atoms with Crippen molar-refractivity contribution in [3.05, 3.63) is 65.7 Å². The summed E-state index contributed by atoms with van der Waals surface area (Å²) in [7, 11) is 0. The normalized spacial score (nSPS) is 13.3. The van der Waals surface area contributed by atoms with Crippen LogP contribution in [0.15, 0.2) is 54.6 Å². The molecule has 0 saturated carbocycles. The number of para-hydroxylation sites is 1. The third kappa shape index (κ3) is 3.92. The van der Waals surface area contributed by atoms with Crippen molar-refractivity contribution in [1.82, 2.24) is 0 Å². The second-order valence-corrected chi connectivity index (χ2v) is 5.45. The smallest absolute Gasteiger partial charge is 0.328 e. The first kappa shape index (κ1) is 15.2. The number of aliphatic carboxylic acids is 1. The van der Waals surface area contributed by atoms with E-state index in [1.807, 2.05) is 24.3 Å². The van der Waals surface area contributed by atoms with Crippen molar-refractivity contribution >= 4 is 17.7 Å². The van der Waals surface area contributed by atoms with Gasteiger partial charge in [0.1, 0.15) is 12.4 Å². The molecule has 0 aliphatic carbocycles. The monoisotopic (exact) mass is 309 g/mol. The van der Waals surface area contributed by atoms with Crippen LogP contribution in [0.3, 0.4) is 0 Å². The lowest BCUT2D eigenvalue weighted by atomic mass is 10.2. The van der Waals surface area contributed by atoms with Crippen LogP contribution in [0.5, 0.6) is 5.75 Å². The Balaban J connectivity index is 1.51. The van der Waals surface area contributed by atoms with E-state index >= 15 is 0 Å². The summed E-state index contributed by atoms with van der Waals surface area (Å²) in [6.07, 6.45) is 3.79. The molecule has 2 aromatic carbocycles. The summed E-state index contributed by atoms with van der Waals surface area (Å²) < 4.78 is 5.78. The molecule has 1 aliphatic rings. The minimum absolute atomic E-state index is 0.624. The molecule has 23 heavy (non-hydrogen) atoms. The van der Waals surface area contributed by atoms with Crippen LogP contribution in [0, 0.1) is 0 Å². The molecule has 0 spiro atoms. The Morgan fingerprint density at radius 2 is 1.96 bits per heavy atom. The number of hydrogen-bond acceptors (Lipinski definition) is 3. The number of carbonyl (C=O) groups is 1. The zero-order valence-electron chi connectivity index (χ0n) is 12.8. The highest BCUT2D eigenvalue weighted by Crippen LogP contribution is 2.26. The molecule has 0 atom stereocenters. The second kappa shape index (κ2) is 7.01. The van der Waals surface area contributed by atoms with Gasteiger partial charge in [-0.15, -0.1) is 0 Å². The molecule has 3 rings (SSSR count). The van der Waals surface area contributed by atoms with Crippen LogP contribution in [0.4, 0.5) is 5.69 Å². The van der Waals surface area contributed by atoms with Gasteiger partial charge in [0.05, 0.1) is 6.54 Å². The van der Waals surface area contributed by atoms with E-state index < -0.39 is 5.97 Å². The Kier molecular flexibility index (Phi) is 4.62. The fourth-order valence-corrected chi connectivity index (χ4v) is 2.76. The zero-order chi connectivity index (χ0) is 16.1. The Morgan fingerprint density at radius 3 is 2.74 bits per heavy atom. The number of fused-ring (bicyclic) bond motifs is 1. The van der Waals surface area contributed by atoms with Crippen molar-refractivity contribution in [3.8, 4) is 5.75 Å². The molecule has 1 aliphatic heterocycles. The third-order valence-corrected chi connectivity index (χ3v) is 3.91. The van der Waals surface area contributed by atoms with Gasteiger partial charge in [0.25, 0.3) is 0 Å². The van der Waals surface area contributed by atoms with Crippen molar-refractivity contribution in [2.24, 2.45) is 0 Å². The molecule has 0 fully saturated rings. The number of carboxylic acids is 1. The summed E-state index contributed by atoms with van der Waals surface area (Å²) in [4.78, 5) is 12.8. The Hall–Kier alpha value is -2.75. The quantitative estimate of drug-likeness (QED) is 0.832. The van der Waals surface area contributed by atoms with Crippen LogP contribution >= 0.6 is 0 Å². The number of benzene rings is 2. The average Bonchev–Trinajstić information content (AvgIpc) is 2.97. The topological polar surface area (TPSA) is 49.8 Å². The predicted octanol–water partition coefficient (Wildman–Crippen LogP) is 3.23. The number of rotatable bonds is 6. The highest BCUT2D eigenvalue weighted by Gasteiger charge is 2.17. The Bertz CT molecular complexity index is 707. The van der Waals surface area contributed by atoms with Crippen molar-refractivity contribution in [3.63, 3.8) is 0 Å². The van der Waals surface area contributed by atoms with Crippen molar-refractivity contribution < 1.29 is 14.6 Å². The predicted molar refractivity (Wildman–Crippen MR) is 91.0 cm³/mol. The molecule has 118 valence electrons. The first-order valence-electron chi connectivity index (χ1n) is 7.69. The maximum atomic E-state index is 10.5. The van der Waals surface area contributed by atoms with Crippen LogP contribution in [-0.4, -0.2) is 30.8 Å². The highest BCUT2D eigenvalue weighted by atomic mass is 16.5. The molecule has 0 radical (unpaired) electrons. The number of hydrogen-bond donors (Lipinski definition) is 1. The molecular weight excluding hydrogens is 290 g/mol. The van der Waals surface area contributed by atoms with E-state index in [2.05, 4.69) is 29.2 Å². The van der Waals surface area contributed by atoms with E-state index in [1.165, 1.54) is 11.3 Å². The van der Waals surface area contributed by atoms with Gasteiger partial charge in [-0.2, -0.15) is 0 Å². The van der Waals surface area contributed by atoms with Gasteiger partial charge in [0.2, 0.25) is 0 Å². The van der Waals surface area contributed by atoms with Crippen LogP contribution < -0.4 is 9.64 Å². The molecule has 2 aromatic rings. The van der Waals surface area contributed by atoms with E-state index in [9.17, 15) is 4.79 Å². The standard InChI is InChI=1S/C19H19NO3/c21-19(22)10-7-15-5-8-17(9-6-15)23-14-13-20-12-11-16-3-1-2-4-18(16)20/h1-10H,11-14H2,(H,21,22)/b10-7+. The van der Waals surface area contributed by atoms with E-state index in [1.54, 1.807) is 6.08 Å². The van der Waals surface area contributed by atoms with Gasteiger partial charge in [-0.25, -0.2) is 4.79 Å². The lowest BCUT2D eigenvalue weighted by molar-refractivity contribution is -0.131. The van der Waals surface area contributed by atoms with Gasteiger partial charge in [0, 0.05) is 18.3 Å². The molecule has 0 saturated heterocycles. The molecule has 1 heterocycles. The summed E-state index contributed by atoms with van der Waals surface area (Å²) in [5.41, 5.74) is 3.56. The van der Waals surface area contributed by atoms with E-state index in [-0.39, 0.29) is 0 Å². The Morgan fingerprint density at radius 1 is 1.17 bits per heavy atom. The molecule has 0 amide bonds. The SMILES string of the molecule is O=C(O)/C=C/c1ccc(OCCN2CCc3ccccc32)cc1. The first-order valence-corrected chi connectivity index (χ1v) is 7.69. The van der Waals surface area contributed by atoms with E-state index in [0.29, 0.717) is 6.61 Å². The van der Waals surface area contributed by atoms with Crippen LogP contribution in [0.25, 0.3) is 6.08 Å². The van der Waals surface area contributed by atoms with Gasteiger partial charge >= 0.3 is 5.97 Å². The van der Waals surface area contributed by atoms with Crippen molar-refractivity contribution in [1.29, 1.82) is 0 Å². The van der Waals surface area contributed by atoms with Gasteiger partial charge in [-0.3, -0.25) is 0 Å².